The van der Waals surface area contributed by atoms with Gasteiger partial charge in [0.1, 0.15) is 0 Å². The molecule has 20 heavy (non-hydrogen) atoms. The number of H-pyrrole nitrogens is 1. The van der Waals surface area contributed by atoms with Gasteiger partial charge in [0.2, 0.25) is 0 Å². The number of nitrogens with one attached hydrogen (secondary N) is 3. The van der Waals surface area contributed by atoms with Crippen molar-refractivity contribution in [1.82, 2.24) is 20.2 Å². The van der Waals surface area contributed by atoms with E-state index in [0.29, 0.717) is 24.6 Å². The molecule has 0 atom stereocenters. The van der Waals surface area contributed by atoms with Gasteiger partial charge in [-0.3, -0.25) is 5.10 Å². The van der Waals surface area contributed by atoms with Crippen molar-refractivity contribution in [1.29, 1.82) is 0 Å². The molecule has 0 amide bonds. The number of hydrogen-bond donors (Lipinski definition) is 3. The third-order valence-electron chi connectivity index (χ3n) is 3.09. The SMILES string of the molecule is CCNCc1c(S(=O)(=O)NCCCC(C)C)n[nH]c1C. The molecule has 0 aliphatic rings. The Kier molecular flexibility index (Phi) is 6.64. The predicted octanol–water partition coefficient (Wildman–Crippen LogP) is 1.54. The molecular formula is C13H26N4O2S. The van der Waals surface area contributed by atoms with Gasteiger partial charge < -0.3 is 5.32 Å². The lowest BCUT2D eigenvalue weighted by Gasteiger charge is -2.08. The largest absolute Gasteiger partial charge is 0.313 e. The number of aryl methyl sites for hydroxylation is 1. The first-order chi connectivity index (χ1) is 9.38. The lowest BCUT2D eigenvalue weighted by Crippen LogP contribution is -2.27. The first-order valence-corrected chi connectivity index (χ1v) is 8.61. The fraction of sp³-hybridized carbons (Fsp3) is 0.769. The van der Waals surface area contributed by atoms with Gasteiger partial charge >= 0.3 is 0 Å². The topological polar surface area (TPSA) is 86.9 Å². The van der Waals surface area contributed by atoms with Crippen molar-refractivity contribution >= 4 is 10.0 Å². The minimum atomic E-state index is -3.53. The summed E-state index contributed by atoms with van der Waals surface area (Å²) in [4.78, 5) is 0. The van der Waals surface area contributed by atoms with Crippen molar-refractivity contribution in [2.24, 2.45) is 5.92 Å². The Morgan fingerprint density at radius 2 is 2.05 bits per heavy atom. The van der Waals surface area contributed by atoms with E-state index in [2.05, 4.69) is 34.1 Å². The van der Waals surface area contributed by atoms with Crippen molar-refractivity contribution in [3.05, 3.63) is 11.3 Å². The maximum absolute atomic E-state index is 12.3. The average Bonchev–Trinajstić information content (AvgIpc) is 2.74. The molecule has 1 heterocycles. The summed E-state index contributed by atoms with van der Waals surface area (Å²) in [5, 5.41) is 9.94. The van der Waals surface area contributed by atoms with Crippen LogP contribution in [0.15, 0.2) is 5.03 Å². The average molecular weight is 302 g/mol. The van der Waals surface area contributed by atoms with E-state index in [1.54, 1.807) is 0 Å². The van der Waals surface area contributed by atoms with Crippen LogP contribution in [0, 0.1) is 12.8 Å². The van der Waals surface area contributed by atoms with Crippen LogP contribution in [0.3, 0.4) is 0 Å². The highest BCUT2D eigenvalue weighted by Crippen LogP contribution is 2.16. The summed E-state index contributed by atoms with van der Waals surface area (Å²) in [5.74, 6) is 0.580. The fourth-order valence-corrected chi connectivity index (χ4v) is 3.16. The molecule has 6 nitrogen and oxygen atoms in total. The highest BCUT2D eigenvalue weighted by Gasteiger charge is 2.22. The van der Waals surface area contributed by atoms with Crippen LogP contribution >= 0.6 is 0 Å². The predicted molar refractivity (Wildman–Crippen MR) is 80.0 cm³/mol. The van der Waals surface area contributed by atoms with E-state index in [-0.39, 0.29) is 5.03 Å². The molecule has 0 fully saturated rings. The maximum atomic E-state index is 12.3. The van der Waals surface area contributed by atoms with E-state index in [4.69, 9.17) is 0 Å². The summed E-state index contributed by atoms with van der Waals surface area (Å²) in [6.45, 7) is 9.80. The first-order valence-electron chi connectivity index (χ1n) is 7.12. The van der Waals surface area contributed by atoms with Gasteiger partial charge in [0, 0.05) is 24.3 Å². The number of aromatic amines is 1. The summed E-state index contributed by atoms with van der Waals surface area (Å²) >= 11 is 0. The number of rotatable bonds is 9. The zero-order valence-electron chi connectivity index (χ0n) is 12.8. The molecule has 0 aromatic carbocycles. The Labute approximate surface area is 121 Å². The highest BCUT2D eigenvalue weighted by atomic mass is 32.2. The van der Waals surface area contributed by atoms with Crippen LogP contribution in [0.25, 0.3) is 0 Å². The Hall–Kier alpha value is -0.920. The van der Waals surface area contributed by atoms with E-state index in [0.717, 1.165) is 25.1 Å². The third kappa shape index (κ3) is 4.88. The van der Waals surface area contributed by atoms with Crippen molar-refractivity contribution in [3.8, 4) is 0 Å². The Morgan fingerprint density at radius 1 is 1.35 bits per heavy atom. The quantitative estimate of drug-likeness (QED) is 0.604. The monoisotopic (exact) mass is 302 g/mol. The molecule has 0 saturated heterocycles. The smallest absolute Gasteiger partial charge is 0.260 e. The van der Waals surface area contributed by atoms with Gasteiger partial charge in [0.25, 0.3) is 10.0 Å². The Morgan fingerprint density at radius 3 is 2.65 bits per heavy atom. The number of aromatic nitrogens is 2. The maximum Gasteiger partial charge on any atom is 0.260 e. The fourth-order valence-electron chi connectivity index (χ4n) is 1.90. The molecule has 3 N–H and O–H groups in total. The summed E-state index contributed by atoms with van der Waals surface area (Å²) < 4.78 is 27.1. The lowest BCUT2D eigenvalue weighted by atomic mass is 10.1. The highest BCUT2D eigenvalue weighted by molar-refractivity contribution is 7.89. The molecule has 1 aromatic rings. The van der Waals surface area contributed by atoms with Crippen molar-refractivity contribution < 1.29 is 8.42 Å². The van der Waals surface area contributed by atoms with Crippen LogP contribution in [-0.4, -0.2) is 31.7 Å². The zero-order chi connectivity index (χ0) is 15.2. The second-order valence-corrected chi connectivity index (χ2v) is 7.03. The van der Waals surface area contributed by atoms with Crippen molar-refractivity contribution in [2.75, 3.05) is 13.1 Å². The van der Waals surface area contributed by atoms with E-state index in [1.165, 1.54) is 0 Å². The Bertz CT molecular complexity index is 508. The number of sulfonamides is 1. The molecule has 0 aliphatic carbocycles. The summed E-state index contributed by atoms with van der Waals surface area (Å²) in [6.07, 6.45) is 1.84. The van der Waals surface area contributed by atoms with Gasteiger partial charge in [-0.1, -0.05) is 20.8 Å². The molecule has 0 bridgehead atoms. The van der Waals surface area contributed by atoms with Crippen LogP contribution in [-0.2, 0) is 16.6 Å². The van der Waals surface area contributed by atoms with E-state index < -0.39 is 10.0 Å². The van der Waals surface area contributed by atoms with Gasteiger partial charge in [-0.05, 0) is 32.2 Å². The third-order valence-corrected chi connectivity index (χ3v) is 4.52. The van der Waals surface area contributed by atoms with Gasteiger partial charge in [0.15, 0.2) is 5.03 Å². The summed E-state index contributed by atoms with van der Waals surface area (Å²) in [6, 6.07) is 0. The minimum Gasteiger partial charge on any atom is -0.313 e. The van der Waals surface area contributed by atoms with E-state index in [1.807, 2.05) is 13.8 Å². The van der Waals surface area contributed by atoms with Crippen LogP contribution in [0.2, 0.25) is 0 Å². The van der Waals surface area contributed by atoms with Gasteiger partial charge in [-0.15, -0.1) is 0 Å². The Balaban J connectivity index is 2.72. The normalized spacial score (nSPS) is 12.2. The summed E-state index contributed by atoms with van der Waals surface area (Å²) in [7, 11) is -3.53. The number of hydrogen-bond acceptors (Lipinski definition) is 4. The summed E-state index contributed by atoms with van der Waals surface area (Å²) in [5.41, 5.74) is 1.50. The van der Waals surface area contributed by atoms with Crippen LogP contribution in [0.4, 0.5) is 0 Å². The van der Waals surface area contributed by atoms with Crippen LogP contribution in [0.5, 0.6) is 0 Å². The molecule has 1 rings (SSSR count). The van der Waals surface area contributed by atoms with Crippen molar-refractivity contribution in [2.45, 2.75) is 52.1 Å². The first kappa shape index (κ1) is 17.1. The van der Waals surface area contributed by atoms with Gasteiger partial charge in [-0.2, -0.15) is 5.10 Å². The van der Waals surface area contributed by atoms with Gasteiger partial charge in [0.05, 0.1) is 0 Å². The lowest BCUT2D eigenvalue weighted by molar-refractivity contribution is 0.537. The molecule has 0 saturated carbocycles. The molecule has 7 heteroatoms. The standard InChI is InChI=1S/C13H26N4O2S/c1-5-14-9-12-11(4)16-17-13(12)20(18,19)15-8-6-7-10(2)3/h10,14-15H,5-9H2,1-4H3,(H,16,17). The molecular weight excluding hydrogens is 276 g/mol. The van der Waals surface area contributed by atoms with E-state index >= 15 is 0 Å². The van der Waals surface area contributed by atoms with Gasteiger partial charge in [-0.25, -0.2) is 13.1 Å². The minimum absolute atomic E-state index is 0.112. The molecule has 0 radical (unpaired) electrons. The molecule has 0 spiro atoms. The molecule has 0 unspecified atom stereocenters. The molecule has 1 aromatic heterocycles. The van der Waals surface area contributed by atoms with Crippen LogP contribution < -0.4 is 10.0 Å². The second kappa shape index (κ2) is 7.75. The van der Waals surface area contributed by atoms with Crippen molar-refractivity contribution in [3.63, 3.8) is 0 Å². The van der Waals surface area contributed by atoms with E-state index in [9.17, 15) is 8.42 Å². The molecule has 0 aliphatic heterocycles. The number of nitrogens with zero attached hydrogens (tertiary/aromatic N) is 1. The molecule has 116 valence electrons. The zero-order valence-corrected chi connectivity index (χ0v) is 13.6. The second-order valence-electron chi connectivity index (χ2n) is 5.35. The van der Waals surface area contributed by atoms with Crippen LogP contribution in [0.1, 0.15) is 44.9 Å².